The molecule has 0 saturated carbocycles. The van der Waals surface area contributed by atoms with Crippen molar-refractivity contribution >= 4 is 15.8 Å². The predicted octanol–water partition coefficient (Wildman–Crippen LogP) is 2.76. The summed E-state index contributed by atoms with van der Waals surface area (Å²) >= 11 is 0. The van der Waals surface area contributed by atoms with Crippen LogP contribution < -0.4 is 0 Å². The largest absolute Gasteiger partial charge is 0.291 e. The molecule has 0 spiro atoms. The Bertz CT molecular complexity index is 905. The van der Waals surface area contributed by atoms with Gasteiger partial charge in [-0.2, -0.15) is 5.26 Å². The Hall–Kier alpha value is -2.65. The topological polar surface area (TPSA) is 78.2 Å². The van der Waals surface area contributed by atoms with E-state index in [2.05, 4.69) is 0 Å². The van der Waals surface area contributed by atoms with Crippen molar-refractivity contribution in [3.05, 3.63) is 66.0 Å². The van der Waals surface area contributed by atoms with Crippen LogP contribution in [-0.4, -0.2) is 18.5 Å². The SMILES string of the molecule is CC1C=CC=C2C1C=C(C(=O)CC#N)N2S(=O)(=O)c1ccccc1. The molecule has 3 rings (SSSR count). The molecule has 0 amide bonds. The number of ketones is 1. The standard InChI is InChI=1S/C18H16N2O3S/c1-13-6-5-9-16-15(13)12-17(18(21)10-11-19)20(16)24(22,23)14-7-3-2-4-8-14/h2-9,12-13,15H,10H2,1H3. The Labute approximate surface area is 141 Å². The second kappa shape index (κ2) is 6.10. The molecule has 122 valence electrons. The number of hydrogen-bond acceptors (Lipinski definition) is 4. The van der Waals surface area contributed by atoms with Crippen LogP contribution in [-0.2, 0) is 14.8 Å². The molecule has 6 heteroatoms. The number of hydrogen-bond donors (Lipinski definition) is 0. The van der Waals surface area contributed by atoms with Crippen LogP contribution in [0.1, 0.15) is 13.3 Å². The van der Waals surface area contributed by atoms with Crippen molar-refractivity contribution in [2.75, 3.05) is 0 Å². The molecule has 2 atom stereocenters. The number of nitriles is 1. The Morgan fingerprint density at radius 3 is 2.67 bits per heavy atom. The van der Waals surface area contributed by atoms with Gasteiger partial charge in [0.15, 0.2) is 5.78 Å². The molecule has 0 N–H and O–H groups in total. The maximum Gasteiger partial charge on any atom is 0.268 e. The summed E-state index contributed by atoms with van der Waals surface area (Å²) in [6.45, 7) is 1.97. The summed E-state index contributed by atoms with van der Waals surface area (Å²) in [5.74, 6) is -0.600. The van der Waals surface area contributed by atoms with Crippen LogP contribution in [0.15, 0.2) is 70.9 Å². The minimum Gasteiger partial charge on any atom is -0.291 e. The van der Waals surface area contributed by atoms with Crippen molar-refractivity contribution in [2.24, 2.45) is 11.8 Å². The van der Waals surface area contributed by atoms with Crippen LogP contribution in [0.4, 0.5) is 0 Å². The van der Waals surface area contributed by atoms with Crippen LogP contribution >= 0.6 is 0 Å². The predicted molar refractivity (Wildman–Crippen MR) is 88.7 cm³/mol. The van der Waals surface area contributed by atoms with Crippen LogP contribution in [0.5, 0.6) is 0 Å². The van der Waals surface area contributed by atoms with Gasteiger partial charge in [-0.1, -0.05) is 37.3 Å². The molecule has 1 aliphatic carbocycles. The summed E-state index contributed by atoms with van der Waals surface area (Å²) in [6, 6.07) is 9.80. The summed E-state index contributed by atoms with van der Waals surface area (Å²) in [5.41, 5.74) is 0.613. The lowest BCUT2D eigenvalue weighted by atomic mass is 9.88. The van der Waals surface area contributed by atoms with Crippen LogP contribution in [0.25, 0.3) is 0 Å². The van der Waals surface area contributed by atoms with Gasteiger partial charge in [0, 0.05) is 11.6 Å². The van der Waals surface area contributed by atoms with Crippen molar-refractivity contribution in [1.82, 2.24) is 4.31 Å². The third-order valence-corrected chi connectivity index (χ3v) is 5.94. The van der Waals surface area contributed by atoms with Crippen LogP contribution in [0.3, 0.4) is 0 Å². The van der Waals surface area contributed by atoms with Gasteiger partial charge < -0.3 is 0 Å². The summed E-state index contributed by atoms with van der Waals surface area (Å²) in [4.78, 5) is 12.5. The zero-order valence-corrected chi connectivity index (χ0v) is 13.9. The molecule has 0 bridgehead atoms. The molecule has 1 aromatic carbocycles. The average Bonchev–Trinajstić information content (AvgIpc) is 2.98. The monoisotopic (exact) mass is 340 g/mol. The molecule has 1 heterocycles. The second-order valence-corrected chi connectivity index (χ2v) is 7.54. The molecule has 2 unspecified atom stereocenters. The van der Waals surface area contributed by atoms with Gasteiger partial charge in [-0.25, -0.2) is 12.7 Å². The molecule has 5 nitrogen and oxygen atoms in total. The van der Waals surface area contributed by atoms with E-state index in [1.807, 2.05) is 13.0 Å². The van der Waals surface area contributed by atoms with Gasteiger partial charge in [0.1, 0.15) is 6.42 Å². The summed E-state index contributed by atoms with van der Waals surface area (Å²) < 4.78 is 27.3. The zero-order chi connectivity index (χ0) is 17.3. The first-order valence-electron chi connectivity index (χ1n) is 7.57. The fraction of sp³-hybridized carbons (Fsp3) is 0.222. The maximum absolute atomic E-state index is 13.1. The smallest absolute Gasteiger partial charge is 0.268 e. The molecule has 0 saturated heterocycles. The highest BCUT2D eigenvalue weighted by atomic mass is 32.2. The number of nitrogens with zero attached hydrogens (tertiary/aromatic N) is 2. The molecular weight excluding hydrogens is 324 g/mol. The average molecular weight is 340 g/mol. The highest BCUT2D eigenvalue weighted by Crippen LogP contribution is 2.42. The van der Waals surface area contributed by atoms with Gasteiger partial charge in [0.2, 0.25) is 0 Å². The fourth-order valence-electron chi connectivity index (χ4n) is 2.98. The third kappa shape index (κ3) is 2.57. The van der Waals surface area contributed by atoms with E-state index in [1.54, 1.807) is 42.5 Å². The van der Waals surface area contributed by atoms with Crippen molar-refractivity contribution in [3.63, 3.8) is 0 Å². The van der Waals surface area contributed by atoms with Gasteiger partial charge >= 0.3 is 0 Å². The zero-order valence-electron chi connectivity index (χ0n) is 13.1. The number of carbonyl (C=O) groups excluding carboxylic acids is 1. The number of allylic oxidation sites excluding steroid dienone is 5. The van der Waals surface area contributed by atoms with E-state index in [0.717, 1.165) is 4.31 Å². The molecular formula is C18H16N2O3S. The quantitative estimate of drug-likeness (QED) is 0.844. The number of rotatable bonds is 4. The number of fused-ring (bicyclic) bond motifs is 1. The van der Waals surface area contributed by atoms with E-state index in [0.29, 0.717) is 5.70 Å². The van der Waals surface area contributed by atoms with Gasteiger partial charge in [-0.05, 0) is 30.2 Å². The number of sulfonamides is 1. The minimum atomic E-state index is -3.91. The van der Waals surface area contributed by atoms with E-state index < -0.39 is 15.8 Å². The van der Waals surface area contributed by atoms with Gasteiger partial charge in [-0.3, -0.25) is 4.79 Å². The Balaban J connectivity index is 2.14. The summed E-state index contributed by atoms with van der Waals surface area (Å²) in [5, 5.41) is 8.82. The third-order valence-electron chi connectivity index (χ3n) is 4.19. The Kier molecular flexibility index (Phi) is 4.12. The van der Waals surface area contributed by atoms with Gasteiger partial charge in [0.05, 0.1) is 16.7 Å². The number of carbonyl (C=O) groups is 1. The lowest BCUT2D eigenvalue weighted by Crippen LogP contribution is -2.32. The molecule has 2 aliphatic rings. The highest BCUT2D eigenvalue weighted by Gasteiger charge is 2.42. The second-order valence-electron chi connectivity index (χ2n) is 5.75. The molecule has 0 radical (unpaired) electrons. The number of Topliss-reactive ketones (excluding diaryl/α,β-unsaturated/α-hetero) is 1. The normalized spacial score (nSPS) is 22.4. The van der Waals surface area contributed by atoms with Gasteiger partial charge in [-0.15, -0.1) is 0 Å². The first-order valence-corrected chi connectivity index (χ1v) is 9.01. The van der Waals surface area contributed by atoms with Crippen molar-refractivity contribution in [1.29, 1.82) is 5.26 Å². The summed E-state index contributed by atoms with van der Waals surface area (Å²) in [7, 11) is -3.91. The van der Waals surface area contributed by atoms with E-state index in [-0.39, 0.29) is 28.8 Å². The molecule has 24 heavy (non-hydrogen) atoms. The lowest BCUT2D eigenvalue weighted by molar-refractivity contribution is -0.115. The van der Waals surface area contributed by atoms with E-state index >= 15 is 0 Å². The van der Waals surface area contributed by atoms with Crippen LogP contribution in [0.2, 0.25) is 0 Å². The lowest BCUT2D eigenvalue weighted by Gasteiger charge is -2.27. The van der Waals surface area contributed by atoms with E-state index in [1.165, 1.54) is 12.1 Å². The van der Waals surface area contributed by atoms with Crippen molar-refractivity contribution in [3.8, 4) is 6.07 Å². The number of benzene rings is 1. The van der Waals surface area contributed by atoms with Crippen molar-refractivity contribution < 1.29 is 13.2 Å². The Morgan fingerprint density at radius 1 is 1.29 bits per heavy atom. The molecule has 1 aromatic rings. The van der Waals surface area contributed by atoms with Crippen molar-refractivity contribution in [2.45, 2.75) is 18.2 Å². The van der Waals surface area contributed by atoms with Gasteiger partial charge in [0.25, 0.3) is 10.0 Å². The van der Waals surface area contributed by atoms with E-state index in [4.69, 9.17) is 5.26 Å². The molecule has 0 fully saturated rings. The van der Waals surface area contributed by atoms with E-state index in [9.17, 15) is 13.2 Å². The highest BCUT2D eigenvalue weighted by molar-refractivity contribution is 7.89. The molecule has 1 aliphatic heterocycles. The summed E-state index contributed by atoms with van der Waals surface area (Å²) in [6.07, 6.45) is 6.80. The first kappa shape index (κ1) is 16.2. The minimum absolute atomic E-state index is 0.0622. The first-order chi connectivity index (χ1) is 11.5. The fourth-order valence-corrected chi connectivity index (χ4v) is 4.58. The van der Waals surface area contributed by atoms with Crippen LogP contribution in [0, 0.1) is 23.2 Å². The maximum atomic E-state index is 13.1. The Morgan fingerprint density at radius 2 is 2.00 bits per heavy atom. The molecule has 0 aromatic heterocycles.